The Morgan fingerprint density at radius 1 is 1.36 bits per heavy atom. The number of ether oxygens (including phenoxy) is 1. The van der Waals surface area contributed by atoms with Crippen molar-refractivity contribution in [2.75, 3.05) is 13.7 Å². The van der Waals surface area contributed by atoms with Crippen LogP contribution >= 0.6 is 11.6 Å². The lowest BCUT2D eigenvalue weighted by Crippen LogP contribution is -1.97. The first-order chi connectivity index (χ1) is 6.77. The zero-order valence-electron chi connectivity index (χ0n) is 8.29. The van der Waals surface area contributed by atoms with E-state index < -0.39 is 0 Å². The van der Waals surface area contributed by atoms with E-state index in [0.29, 0.717) is 0 Å². The molecule has 1 aromatic carbocycles. The molecule has 0 aliphatic rings. The number of hydrogen-bond donors (Lipinski definition) is 1. The second kappa shape index (κ2) is 6.02. The molecule has 1 N–H and O–H groups in total. The Bertz CT molecular complexity index is 287. The third-order valence-electron chi connectivity index (χ3n) is 2.13. The zero-order valence-corrected chi connectivity index (χ0v) is 9.05. The highest BCUT2D eigenvalue weighted by atomic mass is 35.5. The van der Waals surface area contributed by atoms with Crippen molar-refractivity contribution >= 4 is 11.6 Å². The molecule has 0 saturated carbocycles. The molecule has 0 radical (unpaired) electrons. The first-order valence-electron chi connectivity index (χ1n) is 4.65. The van der Waals surface area contributed by atoms with Crippen LogP contribution in [0.25, 0.3) is 0 Å². The maximum absolute atomic E-state index is 9.09. The van der Waals surface area contributed by atoms with Crippen LogP contribution < -0.4 is 0 Å². The summed E-state index contributed by atoms with van der Waals surface area (Å²) in [6, 6.07) is 5.57. The highest BCUT2D eigenvalue weighted by molar-refractivity contribution is 6.30. The van der Waals surface area contributed by atoms with Crippen LogP contribution in [0.2, 0.25) is 5.02 Å². The van der Waals surface area contributed by atoms with E-state index in [9.17, 15) is 0 Å². The van der Waals surface area contributed by atoms with Gasteiger partial charge in [-0.1, -0.05) is 17.7 Å². The fourth-order valence-corrected chi connectivity index (χ4v) is 1.58. The van der Waals surface area contributed by atoms with E-state index in [1.54, 1.807) is 13.2 Å². The Balaban J connectivity index is 2.67. The molecule has 1 aromatic rings. The normalized spacial score (nSPS) is 10.5. The molecule has 0 fully saturated rings. The first kappa shape index (κ1) is 11.5. The zero-order chi connectivity index (χ0) is 10.4. The predicted octanol–water partition coefficient (Wildman–Crippen LogP) is 2.41. The molecule has 0 aromatic heterocycles. The van der Waals surface area contributed by atoms with Gasteiger partial charge in [-0.15, -0.1) is 0 Å². The molecule has 3 heteroatoms. The van der Waals surface area contributed by atoms with Gasteiger partial charge in [0.25, 0.3) is 0 Å². The second-order valence-electron chi connectivity index (χ2n) is 3.17. The van der Waals surface area contributed by atoms with Crippen molar-refractivity contribution in [2.45, 2.75) is 19.4 Å². The molecule has 1 rings (SSSR count). The van der Waals surface area contributed by atoms with E-state index in [2.05, 4.69) is 0 Å². The Morgan fingerprint density at radius 3 is 2.79 bits per heavy atom. The van der Waals surface area contributed by atoms with Crippen molar-refractivity contribution in [3.05, 3.63) is 34.3 Å². The largest absolute Gasteiger partial charge is 0.392 e. The Labute approximate surface area is 89.5 Å². The molecule has 0 spiro atoms. The molecule has 0 atom stereocenters. The monoisotopic (exact) mass is 214 g/mol. The van der Waals surface area contributed by atoms with Crippen LogP contribution in [-0.4, -0.2) is 18.8 Å². The maximum Gasteiger partial charge on any atom is 0.0684 e. The fourth-order valence-electron chi connectivity index (χ4n) is 1.39. The van der Waals surface area contributed by atoms with Gasteiger partial charge >= 0.3 is 0 Å². The van der Waals surface area contributed by atoms with Crippen molar-refractivity contribution in [1.29, 1.82) is 0 Å². The smallest absolute Gasteiger partial charge is 0.0684 e. The van der Waals surface area contributed by atoms with Gasteiger partial charge in [-0.3, -0.25) is 0 Å². The van der Waals surface area contributed by atoms with Crippen molar-refractivity contribution in [2.24, 2.45) is 0 Å². The van der Waals surface area contributed by atoms with Crippen LogP contribution in [0.15, 0.2) is 18.2 Å². The summed E-state index contributed by atoms with van der Waals surface area (Å²) in [5, 5.41) is 9.81. The van der Waals surface area contributed by atoms with Gasteiger partial charge in [-0.25, -0.2) is 0 Å². The highest BCUT2D eigenvalue weighted by Crippen LogP contribution is 2.17. The average Bonchev–Trinajstić information content (AvgIpc) is 2.19. The van der Waals surface area contributed by atoms with Crippen molar-refractivity contribution < 1.29 is 9.84 Å². The molecule has 0 bridgehead atoms. The lowest BCUT2D eigenvalue weighted by molar-refractivity contribution is 0.195. The van der Waals surface area contributed by atoms with Crippen LogP contribution in [-0.2, 0) is 17.8 Å². The summed E-state index contributed by atoms with van der Waals surface area (Å²) in [4.78, 5) is 0. The average molecular weight is 215 g/mol. The molecule has 0 aliphatic carbocycles. The first-order valence-corrected chi connectivity index (χ1v) is 5.03. The van der Waals surface area contributed by atoms with E-state index in [-0.39, 0.29) is 6.61 Å². The van der Waals surface area contributed by atoms with Crippen LogP contribution in [0.4, 0.5) is 0 Å². The van der Waals surface area contributed by atoms with Crippen molar-refractivity contribution in [3.63, 3.8) is 0 Å². The van der Waals surface area contributed by atoms with Crippen molar-refractivity contribution in [3.8, 4) is 0 Å². The summed E-state index contributed by atoms with van der Waals surface area (Å²) >= 11 is 5.87. The van der Waals surface area contributed by atoms with E-state index >= 15 is 0 Å². The molecule has 78 valence electrons. The number of hydrogen-bond acceptors (Lipinski definition) is 2. The van der Waals surface area contributed by atoms with Gasteiger partial charge < -0.3 is 9.84 Å². The van der Waals surface area contributed by atoms with Crippen LogP contribution in [0.1, 0.15) is 17.5 Å². The van der Waals surface area contributed by atoms with Gasteiger partial charge in [-0.05, 0) is 36.1 Å². The number of methoxy groups -OCH3 is 1. The summed E-state index contributed by atoms with van der Waals surface area (Å²) in [6.45, 7) is 0.802. The second-order valence-corrected chi connectivity index (χ2v) is 3.60. The Morgan fingerprint density at radius 2 is 2.14 bits per heavy atom. The summed E-state index contributed by atoms with van der Waals surface area (Å²) in [7, 11) is 1.69. The van der Waals surface area contributed by atoms with Gasteiger partial charge in [0.2, 0.25) is 0 Å². The third kappa shape index (κ3) is 3.29. The summed E-state index contributed by atoms with van der Waals surface area (Å²) in [5.41, 5.74) is 2.06. The molecule has 0 saturated heterocycles. The summed E-state index contributed by atoms with van der Waals surface area (Å²) in [6.07, 6.45) is 1.84. The minimum Gasteiger partial charge on any atom is -0.392 e. The Hall–Kier alpha value is -0.570. The summed E-state index contributed by atoms with van der Waals surface area (Å²) in [5.74, 6) is 0. The number of aliphatic hydroxyl groups is 1. The number of aryl methyl sites for hydroxylation is 1. The summed E-state index contributed by atoms with van der Waals surface area (Å²) < 4.78 is 4.97. The van der Waals surface area contributed by atoms with Crippen LogP contribution in [0.5, 0.6) is 0 Å². The molecule has 2 nitrogen and oxygen atoms in total. The predicted molar refractivity (Wildman–Crippen MR) is 57.6 cm³/mol. The Kier molecular flexibility index (Phi) is 4.94. The molecule has 14 heavy (non-hydrogen) atoms. The number of aliphatic hydroxyl groups excluding tert-OH is 1. The molecular formula is C11H15ClO2. The standard InChI is InChI=1S/C11H15ClO2/c1-14-6-2-3-9-7-11(12)5-4-10(9)8-13/h4-5,7,13H,2-3,6,8H2,1H3. The minimum atomic E-state index is 0.0689. The number of rotatable bonds is 5. The maximum atomic E-state index is 9.09. The van der Waals surface area contributed by atoms with E-state index in [1.165, 1.54) is 0 Å². The van der Waals surface area contributed by atoms with E-state index in [1.807, 2.05) is 12.1 Å². The molecule has 0 heterocycles. The third-order valence-corrected chi connectivity index (χ3v) is 2.37. The number of halogens is 1. The topological polar surface area (TPSA) is 29.5 Å². The lowest BCUT2D eigenvalue weighted by atomic mass is 10.0. The van der Waals surface area contributed by atoms with Crippen molar-refractivity contribution in [1.82, 2.24) is 0 Å². The van der Waals surface area contributed by atoms with Gasteiger partial charge in [0.05, 0.1) is 6.61 Å². The molecule has 0 amide bonds. The lowest BCUT2D eigenvalue weighted by Gasteiger charge is -2.07. The highest BCUT2D eigenvalue weighted by Gasteiger charge is 2.02. The number of benzene rings is 1. The molecular weight excluding hydrogens is 200 g/mol. The molecule has 0 unspecified atom stereocenters. The quantitative estimate of drug-likeness (QED) is 0.763. The SMILES string of the molecule is COCCCc1cc(Cl)ccc1CO. The van der Waals surface area contributed by atoms with Gasteiger partial charge in [0.1, 0.15) is 0 Å². The van der Waals surface area contributed by atoms with E-state index in [0.717, 1.165) is 35.6 Å². The van der Waals surface area contributed by atoms with Crippen LogP contribution in [0, 0.1) is 0 Å². The van der Waals surface area contributed by atoms with Gasteiger partial charge in [0, 0.05) is 18.7 Å². The fraction of sp³-hybridized carbons (Fsp3) is 0.455. The van der Waals surface area contributed by atoms with Crippen LogP contribution in [0.3, 0.4) is 0 Å². The van der Waals surface area contributed by atoms with Gasteiger partial charge in [0.15, 0.2) is 0 Å². The minimum absolute atomic E-state index is 0.0689. The molecule has 0 aliphatic heterocycles. The van der Waals surface area contributed by atoms with Gasteiger partial charge in [-0.2, -0.15) is 0 Å². The van der Waals surface area contributed by atoms with E-state index in [4.69, 9.17) is 21.4 Å².